The number of anilines is 3. The Bertz CT molecular complexity index is 1050. The van der Waals surface area contributed by atoms with E-state index in [4.69, 9.17) is 0 Å². The van der Waals surface area contributed by atoms with Crippen LogP contribution < -0.4 is 4.90 Å². The van der Waals surface area contributed by atoms with Gasteiger partial charge in [-0.05, 0) is 66.9 Å². The summed E-state index contributed by atoms with van der Waals surface area (Å²) in [6.45, 7) is 4.29. The molecule has 0 aliphatic heterocycles. The molecule has 0 fully saturated rings. The lowest BCUT2D eigenvalue weighted by Gasteiger charge is -2.25. The summed E-state index contributed by atoms with van der Waals surface area (Å²) in [6, 6.07) is 36.2. The van der Waals surface area contributed by atoms with Crippen molar-refractivity contribution < 1.29 is 0 Å². The number of benzene rings is 4. The van der Waals surface area contributed by atoms with Gasteiger partial charge in [-0.2, -0.15) is 0 Å². The van der Waals surface area contributed by atoms with E-state index in [2.05, 4.69) is 122 Å². The van der Waals surface area contributed by atoms with Crippen LogP contribution in [0.25, 0.3) is 12.2 Å². The van der Waals surface area contributed by atoms with Crippen molar-refractivity contribution in [1.29, 1.82) is 0 Å². The molecule has 29 heavy (non-hydrogen) atoms. The summed E-state index contributed by atoms with van der Waals surface area (Å²) < 4.78 is 0. The van der Waals surface area contributed by atoms with Crippen molar-refractivity contribution in [3.8, 4) is 0 Å². The Balaban J connectivity index is 1.63. The first-order chi connectivity index (χ1) is 14.2. The first kappa shape index (κ1) is 18.8. The molecule has 0 saturated carbocycles. The highest BCUT2D eigenvalue weighted by Crippen LogP contribution is 2.34. The normalized spacial score (nSPS) is 11.0. The molecule has 0 aromatic heterocycles. The van der Waals surface area contributed by atoms with Crippen molar-refractivity contribution in [2.75, 3.05) is 4.90 Å². The van der Waals surface area contributed by atoms with Crippen molar-refractivity contribution in [2.24, 2.45) is 0 Å². The van der Waals surface area contributed by atoms with Crippen LogP contribution in [-0.4, -0.2) is 0 Å². The van der Waals surface area contributed by atoms with Crippen LogP contribution in [0.2, 0.25) is 0 Å². The molecule has 1 heteroatoms. The van der Waals surface area contributed by atoms with Gasteiger partial charge in [0.1, 0.15) is 0 Å². The Labute approximate surface area is 173 Å². The number of aryl methyl sites for hydroxylation is 2. The fourth-order valence-electron chi connectivity index (χ4n) is 3.53. The van der Waals surface area contributed by atoms with E-state index >= 15 is 0 Å². The summed E-state index contributed by atoms with van der Waals surface area (Å²) in [5.74, 6) is 0. The number of nitrogens with zero attached hydrogens (tertiary/aromatic N) is 1. The molecule has 0 saturated heterocycles. The van der Waals surface area contributed by atoms with Gasteiger partial charge in [0.25, 0.3) is 0 Å². The van der Waals surface area contributed by atoms with Crippen molar-refractivity contribution in [3.63, 3.8) is 0 Å². The zero-order valence-corrected chi connectivity index (χ0v) is 16.9. The average Bonchev–Trinajstić information content (AvgIpc) is 2.76. The molecule has 4 rings (SSSR count). The molecule has 0 N–H and O–H groups in total. The Hall–Kier alpha value is -3.58. The average molecular weight is 376 g/mol. The van der Waals surface area contributed by atoms with E-state index in [0.717, 1.165) is 17.1 Å². The summed E-state index contributed by atoms with van der Waals surface area (Å²) in [5, 5.41) is 0. The van der Waals surface area contributed by atoms with Gasteiger partial charge in [-0.1, -0.05) is 84.4 Å². The third-order valence-corrected chi connectivity index (χ3v) is 5.06. The van der Waals surface area contributed by atoms with E-state index in [1.807, 2.05) is 12.1 Å². The van der Waals surface area contributed by atoms with Gasteiger partial charge in [0, 0.05) is 17.1 Å². The standard InChI is InChI=1S/C28H25N/c1-22-13-17-25(23(2)21-22)18-14-24-15-19-28(20-16-24)29(26-9-5-3-6-10-26)27-11-7-4-8-12-27/h3-21H,1-2H3. The molecule has 0 aliphatic carbocycles. The quantitative estimate of drug-likeness (QED) is 0.320. The highest BCUT2D eigenvalue weighted by molar-refractivity contribution is 5.78. The van der Waals surface area contributed by atoms with E-state index in [-0.39, 0.29) is 0 Å². The molecule has 4 aromatic rings. The second-order valence-electron chi connectivity index (χ2n) is 7.29. The van der Waals surface area contributed by atoms with Crippen molar-refractivity contribution in [1.82, 2.24) is 0 Å². The van der Waals surface area contributed by atoms with Crippen LogP contribution in [0.3, 0.4) is 0 Å². The second-order valence-corrected chi connectivity index (χ2v) is 7.29. The molecule has 0 amide bonds. The molecule has 0 spiro atoms. The molecule has 0 aliphatic rings. The van der Waals surface area contributed by atoms with Crippen LogP contribution in [0, 0.1) is 13.8 Å². The van der Waals surface area contributed by atoms with Gasteiger partial charge >= 0.3 is 0 Å². The predicted molar refractivity (Wildman–Crippen MR) is 126 cm³/mol. The molecular formula is C28H25N. The molecule has 0 heterocycles. The largest absolute Gasteiger partial charge is 0.311 e. The van der Waals surface area contributed by atoms with E-state index in [1.54, 1.807) is 0 Å². The smallest absolute Gasteiger partial charge is 0.0462 e. The minimum absolute atomic E-state index is 1.14. The van der Waals surface area contributed by atoms with Crippen LogP contribution in [0.1, 0.15) is 22.3 Å². The van der Waals surface area contributed by atoms with E-state index in [1.165, 1.54) is 22.3 Å². The van der Waals surface area contributed by atoms with Gasteiger partial charge < -0.3 is 4.90 Å². The fraction of sp³-hybridized carbons (Fsp3) is 0.0714. The first-order valence-electron chi connectivity index (χ1n) is 9.96. The molecular weight excluding hydrogens is 350 g/mol. The van der Waals surface area contributed by atoms with Crippen LogP contribution in [-0.2, 0) is 0 Å². The van der Waals surface area contributed by atoms with Crippen LogP contribution >= 0.6 is 0 Å². The van der Waals surface area contributed by atoms with Crippen LogP contribution in [0.5, 0.6) is 0 Å². The lowest BCUT2D eigenvalue weighted by Crippen LogP contribution is -2.09. The van der Waals surface area contributed by atoms with Gasteiger partial charge in [-0.25, -0.2) is 0 Å². The maximum Gasteiger partial charge on any atom is 0.0462 e. The Morgan fingerprint density at radius 3 is 1.66 bits per heavy atom. The van der Waals surface area contributed by atoms with E-state index in [9.17, 15) is 0 Å². The van der Waals surface area contributed by atoms with Crippen molar-refractivity contribution in [3.05, 3.63) is 125 Å². The van der Waals surface area contributed by atoms with Crippen LogP contribution in [0.4, 0.5) is 17.1 Å². The highest BCUT2D eigenvalue weighted by atomic mass is 15.1. The third kappa shape index (κ3) is 4.47. The molecule has 0 unspecified atom stereocenters. The summed E-state index contributed by atoms with van der Waals surface area (Å²) in [4.78, 5) is 2.28. The van der Waals surface area contributed by atoms with E-state index in [0.29, 0.717) is 0 Å². The summed E-state index contributed by atoms with van der Waals surface area (Å²) in [5.41, 5.74) is 8.49. The first-order valence-corrected chi connectivity index (χ1v) is 9.96. The van der Waals surface area contributed by atoms with Gasteiger partial charge in [0.15, 0.2) is 0 Å². The zero-order valence-electron chi connectivity index (χ0n) is 16.9. The van der Waals surface area contributed by atoms with E-state index < -0.39 is 0 Å². The van der Waals surface area contributed by atoms with Gasteiger partial charge in [0.05, 0.1) is 0 Å². The zero-order chi connectivity index (χ0) is 20.1. The topological polar surface area (TPSA) is 3.24 Å². The second kappa shape index (κ2) is 8.62. The molecule has 4 aromatic carbocycles. The molecule has 142 valence electrons. The number of para-hydroxylation sites is 2. The van der Waals surface area contributed by atoms with Gasteiger partial charge in [0.2, 0.25) is 0 Å². The van der Waals surface area contributed by atoms with Gasteiger partial charge in [-0.15, -0.1) is 0 Å². The SMILES string of the molecule is Cc1ccc(C=Cc2ccc(N(c3ccccc3)c3ccccc3)cc2)c(C)c1. The predicted octanol–water partition coefficient (Wildman–Crippen LogP) is 7.94. The minimum Gasteiger partial charge on any atom is -0.311 e. The number of hydrogen-bond donors (Lipinski definition) is 0. The Morgan fingerprint density at radius 1 is 0.552 bits per heavy atom. The lowest BCUT2D eigenvalue weighted by molar-refractivity contribution is 1.28. The number of rotatable bonds is 5. The van der Waals surface area contributed by atoms with Crippen molar-refractivity contribution >= 4 is 29.2 Å². The maximum absolute atomic E-state index is 2.28. The highest BCUT2D eigenvalue weighted by Gasteiger charge is 2.11. The van der Waals surface area contributed by atoms with Crippen LogP contribution in [0.15, 0.2) is 103 Å². The Kier molecular flexibility index (Phi) is 5.58. The van der Waals surface area contributed by atoms with Crippen molar-refractivity contribution in [2.45, 2.75) is 13.8 Å². The number of hydrogen-bond acceptors (Lipinski definition) is 1. The molecule has 0 bridgehead atoms. The maximum atomic E-state index is 2.28. The summed E-state index contributed by atoms with van der Waals surface area (Å²) in [6.07, 6.45) is 4.37. The molecule has 0 atom stereocenters. The monoisotopic (exact) mass is 375 g/mol. The fourth-order valence-corrected chi connectivity index (χ4v) is 3.53. The van der Waals surface area contributed by atoms with Gasteiger partial charge in [-0.3, -0.25) is 0 Å². The molecule has 0 radical (unpaired) electrons. The molecule has 1 nitrogen and oxygen atoms in total. The lowest BCUT2D eigenvalue weighted by atomic mass is 10.0. The third-order valence-electron chi connectivity index (χ3n) is 5.06. The summed E-state index contributed by atoms with van der Waals surface area (Å²) in [7, 11) is 0. The summed E-state index contributed by atoms with van der Waals surface area (Å²) >= 11 is 0. The Morgan fingerprint density at radius 2 is 1.10 bits per heavy atom. The minimum atomic E-state index is 1.14.